The maximum Gasteiger partial charge on any atom is 0.268 e. The topological polar surface area (TPSA) is 410 Å². The molecule has 0 aliphatic carbocycles. The van der Waals surface area contributed by atoms with Crippen molar-refractivity contribution < 1.29 is 52.7 Å². The van der Waals surface area contributed by atoms with E-state index >= 15 is 0 Å². The number of carbonyl (C=O) groups is 11. The number of nitrogens with zero attached hydrogens (tertiary/aromatic N) is 2. The van der Waals surface area contributed by atoms with Crippen molar-refractivity contribution in [3.63, 3.8) is 0 Å². The van der Waals surface area contributed by atoms with E-state index in [9.17, 15) is 52.7 Å². The molecule has 0 saturated heterocycles. The zero-order chi connectivity index (χ0) is 58.3. The van der Waals surface area contributed by atoms with Crippen LogP contribution in [0.5, 0.6) is 0 Å². The molecular formula is C52H73N15O11S. The van der Waals surface area contributed by atoms with Gasteiger partial charge in [-0.1, -0.05) is 64.1 Å². The highest BCUT2D eigenvalue weighted by atomic mass is 32.2. The number of H-pyrrole nitrogens is 2. The van der Waals surface area contributed by atoms with Gasteiger partial charge in [0.2, 0.25) is 59.1 Å². The molecular weight excluding hydrogens is 1040 g/mol. The van der Waals surface area contributed by atoms with E-state index in [0.29, 0.717) is 27.4 Å². The second kappa shape index (κ2) is 31.2. The summed E-state index contributed by atoms with van der Waals surface area (Å²) in [4.78, 5) is 157. The fourth-order valence-corrected chi connectivity index (χ4v) is 8.55. The number of rotatable bonds is 32. The van der Waals surface area contributed by atoms with Crippen molar-refractivity contribution in [2.45, 2.75) is 115 Å². The van der Waals surface area contributed by atoms with Gasteiger partial charge < -0.3 is 64.0 Å². The fourth-order valence-electron chi connectivity index (χ4n) is 8.08. The smallest absolute Gasteiger partial charge is 0.268 e. The van der Waals surface area contributed by atoms with Crippen LogP contribution in [0.4, 0.5) is 0 Å². The molecule has 27 heteroatoms. The number of nitrogens with two attached hydrogens (primary N) is 3. The molecule has 0 radical (unpaired) electrons. The Bertz CT molecular complexity index is 2760. The summed E-state index contributed by atoms with van der Waals surface area (Å²) in [6, 6.07) is 6.21. The van der Waals surface area contributed by atoms with E-state index in [1.807, 2.05) is 20.1 Å². The van der Waals surface area contributed by atoms with Crippen LogP contribution >= 0.6 is 11.8 Å². The number of carbonyl (C=O) groups excluding carboxylic acids is 11. The molecule has 0 fully saturated rings. The molecule has 79 heavy (non-hydrogen) atoms. The SMILES string of the molecule is CSCC[C@H](NC(=O)[C@H](CC(C)C)NC(=O)[C@H](Cc1c[nH]cn1)NC(=O)CNC(=O)[C@@H](NC(=O)[C@H](C)NC(=O)[C@H](Cc1c[nH]c2ccccc12)NC(=O)[C@H](CCC(N)=O)NC(=O)CN(N)C(=O)c1ccccc1)C(C)C)C(N)=O. The van der Waals surface area contributed by atoms with E-state index in [1.54, 1.807) is 62.5 Å². The minimum atomic E-state index is -1.45. The van der Waals surface area contributed by atoms with Crippen LogP contribution in [0.1, 0.15) is 81.9 Å². The van der Waals surface area contributed by atoms with Gasteiger partial charge in [-0.15, -0.1) is 0 Å². The molecule has 4 rings (SSSR count). The molecule has 0 aliphatic rings. The van der Waals surface area contributed by atoms with Gasteiger partial charge in [-0.3, -0.25) is 57.7 Å². The Morgan fingerprint density at radius 3 is 1.89 bits per heavy atom. The van der Waals surface area contributed by atoms with E-state index in [-0.39, 0.29) is 50.0 Å². The number of amides is 11. The minimum absolute atomic E-state index is 0.0864. The summed E-state index contributed by atoms with van der Waals surface area (Å²) in [7, 11) is 0. The lowest BCUT2D eigenvalue weighted by Crippen LogP contribution is -2.59. The molecule has 11 amide bonds. The highest BCUT2D eigenvalue weighted by Gasteiger charge is 2.34. The van der Waals surface area contributed by atoms with Gasteiger partial charge in [-0.2, -0.15) is 11.8 Å². The van der Waals surface area contributed by atoms with Crippen LogP contribution in [0, 0.1) is 11.8 Å². The zero-order valence-electron chi connectivity index (χ0n) is 45.0. The van der Waals surface area contributed by atoms with Crippen molar-refractivity contribution in [2.24, 2.45) is 29.1 Å². The number of aromatic amines is 2. The Kier molecular flexibility index (Phi) is 24.9. The predicted octanol–water partition coefficient (Wildman–Crippen LogP) is -1.57. The Morgan fingerprint density at radius 1 is 0.646 bits per heavy atom. The number of nitrogens with one attached hydrogen (secondary N) is 10. The second-order valence-corrected chi connectivity index (χ2v) is 20.5. The standard InChI is InChI=1S/C52H73N15O11S/c1-28(2)20-38(49(75)63-36(45(54)71)18-19-79-6)64-50(76)40(22-33-24-56-27-59-33)62-42(69)25-58-51(77)44(29(3)4)66-46(72)30(5)60-48(74)39(21-32-23-57-35-15-11-10-14-34(32)35)65-47(73)37(16-17-41(53)68)61-43(70)26-67(55)52(78)31-12-8-7-9-13-31/h7-15,23-24,27-30,36-40,44,57H,16-22,25-26,55H2,1-6H3,(H2,53,68)(H2,54,71)(H,56,59)(H,58,77)(H,60,74)(H,61,70)(H,62,69)(H,63,75)(H,64,76)(H,65,73)(H,66,72)/t30-,36-,37-,38-,39-,40-,44-/m0/s1. The van der Waals surface area contributed by atoms with Gasteiger partial charge in [0.1, 0.15) is 48.8 Å². The number of fused-ring (bicyclic) bond motifs is 1. The van der Waals surface area contributed by atoms with Crippen LogP contribution in [0.25, 0.3) is 10.9 Å². The van der Waals surface area contributed by atoms with Crippen LogP contribution in [-0.2, 0) is 60.8 Å². The molecule has 26 nitrogen and oxygen atoms in total. The quantitative estimate of drug-likeness (QED) is 0.0149. The number of hydrogen-bond donors (Lipinski definition) is 13. The number of thioether (sulfide) groups is 1. The Labute approximate surface area is 461 Å². The van der Waals surface area contributed by atoms with Gasteiger partial charge in [0.05, 0.1) is 18.6 Å². The van der Waals surface area contributed by atoms with Crippen LogP contribution in [0.3, 0.4) is 0 Å². The Balaban J connectivity index is 1.45. The van der Waals surface area contributed by atoms with Gasteiger partial charge in [-0.25, -0.2) is 10.8 Å². The number of para-hydroxylation sites is 1. The lowest BCUT2D eigenvalue weighted by molar-refractivity contribution is -0.135. The van der Waals surface area contributed by atoms with Crippen molar-refractivity contribution >= 4 is 87.6 Å². The van der Waals surface area contributed by atoms with E-state index in [1.165, 1.54) is 43.3 Å². The van der Waals surface area contributed by atoms with E-state index in [4.69, 9.17) is 17.3 Å². The summed E-state index contributed by atoms with van der Waals surface area (Å²) < 4.78 is 0. The normalized spacial score (nSPS) is 13.8. The predicted molar refractivity (Wildman–Crippen MR) is 293 cm³/mol. The molecule has 16 N–H and O–H groups in total. The van der Waals surface area contributed by atoms with Gasteiger partial charge in [0.25, 0.3) is 5.91 Å². The monoisotopic (exact) mass is 1120 g/mol. The number of hydrazine groups is 1. The molecule has 7 atom stereocenters. The lowest BCUT2D eigenvalue weighted by Gasteiger charge is -2.27. The second-order valence-electron chi connectivity index (χ2n) is 19.5. The van der Waals surface area contributed by atoms with E-state index in [2.05, 4.69) is 57.5 Å². The number of aromatic nitrogens is 3. The van der Waals surface area contributed by atoms with Crippen molar-refractivity contribution in [3.05, 3.63) is 90.1 Å². The molecule has 0 saturated carbocycles. The van der Waals surface area contributed by atoms with Crippen molar-refractivity contribution in [1.82, 2.24) is 62.5 Å². The van der Waals surface area contributed by atoms with Gasteiger partial charge in [0.15, 0.2) is 0 Å². The molecule has 0 unspecified atom stereocenters. The van der Waals surface area contributed by atoms with Gasteiger partial charge >= 0.3 is 0 Å². The summed E-state index contributed by atoms with van der Waals surface area (Å²) in [6.07, 6.45) is 5.89. The zero-order valence-corrected chi connectivity index (χ0v) is 45.8. The first-order valence-electron chi connectivity index (χ1n) is 25.6. The van der Waals surface area contributed by atoms with Gasteiger partial charge in [0, 0.05) is 48.1 Å². The molecule has 2 heterocycles. The molecule has 2 aromatic carbocycles. The van der Waals surface area contributed by atoms with Crippen molar-refractivity contribution in [1.29, 1.82) is 0 Å². The van der Waals surface area contributed by atoms with Crippen LogP contribution < -0.4 is 59.8 Å². The Hall–Kier alpha value is -8.33. The number of hydrogen-bond acceptors (Lipinski definition) is 14. The lowest BCUT2D eigenvalue weighted by atomic mass is 10.0. The third-order valence-electron chi connectivity index (χ3n) is 12.3. The van der Waals surface area contributed by atoms with Crippen molar-refractivity contribution in [2.75, 3.05) is 25.1 Å². The number of benzene rings is 2. The first-order chi connectivity index (χ1) is 37.5. The van der Waals surface area contributed by atoms with Gasteiger partial charge in [-0.05, 0) is 73.8 Å². The summed E-state index contributed by atoms with van der Waals surface area (Å²) in [5.41, 5.74) is 12.8. The largest absolute Gasteiger partial charge is 0.370 e. The highest BCUT2D eigenvalue weighted by Crippen LogP contribution is 2.20. The maximum absolute atomic E-state index is 14.2. The number of imidazole rings is 1. The van der Waals surface area contributed by atoms with Crippen LogP contribution in [-0.4, -0.2) is 152 Å². The summed E-state index contributed by atoms with van der Waals surface area (Å²) in [5.74, 6) is -2.87. The fraction of sp³-hybridized carbons (Fsp3) is 0.462. The molecule has 4 aromatic rings. The Morgan fingerprint density at radius 2 is 1.25 bits per heavy atom. The number of primary amides is 2. The highest BCUT2D eigenvalue weighted by molar-refractivity contribution is 7.98. The first-order valence-corrected chi connectivity index (χ1v) is 27.0. The van der Waals surface area contributed by atoms with Crippen LogP contribution in [0.15, 0.2) is 73.3 Å². The molecule has 2 aromatic heterocycles. The average Bonchev–Trinajstić information content (AvgIpc) is 4.10. The maximum atomic E-state index is 14.2. The van der Waals surface area contributed by atoms with E-state index < -0.39 is 126 Å². The third-order valence-corrected chi connectivity index (χ3v) is 13.0. The molecule has 0 aliphatic heterocycles. The molecule has 0 spiro atoms. The van der Waals surface area contributed by atoms with E-state index in [0.717, 1.165) is 5.52 Å². The first kappa shape index (κ1) is 63.2. The molecule has 428 valence electrons. The summed E-state index contributed by atoms with van der Waals surface area (Å²) >= 11 is 1.46. The average molecular weight is 1120 g/mol. The van der Waals surface area contributed by atoms with Crippen LogP contribution in [0.2, 0.25) is 0 Å². The summed E-state index contributed by atoms with van der Waals surface area (Å²) in [6.45, 7) is 6.93. The van der Waals surface area contributed by atoms with Crippen molar-refractivity contribution in [3.8, 4) is 0 Å². The summed E-state index contributed by atoms with van der Waals surface area (Å²) in [5, 5.41) is 22.0. The molecule has 0 bridgehead atoms. The third kappa shape index (κ3) is 20.5. The minimum Gasteiger partial charge on any atom is -0.370 e.